The summed E-state index contributed by atoms with van der Waals surface area (Å²) in [7, 11) is 1.58. The van der Waals surface area contributed by atoms with E-state index in [1.165, 1.54) is 18.2 Å². The second kappa shape index (κ2) is 6.20. The summed E-state index contributed by atoms with van der Waals surface area (Å²) in [5, 5.41) is 11.8. The molecule has 0 fully saturated rings. The highest BCUT2D eigenvalue weighted by Crippen LogP contribution is 2.22. The SMILES string of the molecule is COCC(C)Oc1ccc(F)cc1C(C)=NO. The second-order valence-electron chi connectivity index (χ2n) is 3.71. The number of nitrogens with zero attached hydrogens (tertiary/aromatic N) is 1. The maximum atomic E-state index is 13.1. The number of hydrogen-bond acceptors (Lipinski definition) is 4. The Morgan fingerprint density at radius 2 is 2.24 bits per heavy atom. The Morgan fingerprint density at radius 1 is 1.53 bits per heavy atom. The van der Waals surface area contributed by atoms with Gasteiger partial charge in [0.25, 0.3) is 0 Å². The van der Waals surface area contributed by atoms with Crippen molar-refractivity contribution >= 4 is 5.71 Å². The molecule has 0 spiro atoms. The van der Waals surface area contributed by atoms with Crippen LogP contribution in [0.2, 0.25) is 0 Å². The molecule has 0 saturated carbocycles. The van der Waals surface area contributed by atoms with Crippen molar-refractivity contribution in [3.05, 3.63) is 29.6 Å². The van der Waals surface area contributed by atoms with E-state index in [0.717, 1.165) is 0 Å². The molecule has 4 nitrogen and oxygen atoms in total. The number of methoxy groups -OCH3 is 1. The highest BCUT2D eigenvalue weighted by molar-refractivity contribution is 6.00. The van der Waals surface area contributed by atoms with Gasteiger partial charge in [0.15, 0.2) is 0 Å². The van der Waals surface area contributed by atoms with Gasteiger partial charge in [-0.1, -0.05) is 5.16 Å². The van der Waals surface area contributed by atoms with E-state index in [1.807, 2.05) is 6.92 Å². The Bertz CT molecular complexity index is 407. The van der Waals surface area contributed by atoms with Crippen LogP contribution in [0, 0.1) is 5.82 Å². The zero-order valence-corrected chi connectivity index (χ0v) is 10.1. The first-order chi connectivity index (χ1) is 8.08. The van der Waals surface area contributed by atoms with Gasteiger partial charge in [0.05, 0.1) is 12.3 Å². The molecule has 17 heavy (non-hydrogen) atoms. The Kier molecular flexibility index (Phi) is 4.90. The molecule has 0 aliphatic carbocycles. The average Bonchev–Trinajstić information content (AvgIpc) is 2.30. The Hall–Kier alpha value is -1.62. The highest BCUT2D eigenvalue weighted by Gasteiger charge is 2.12. The van der Waals surface area contributed by atoms with Crippen LogP contribution in [-0.4, -0.2) is 30.7 Å². The Morgan fingerprint density at radius 3 is 2.82 bits per heavy atom. The van der Waals surface area contributed by atoms with Crippen molar-refractivity contribution in [2.75, 3.05) is 13.7 Å². The molecule has 0 aromatic heterocycles. The van der Waals surface area contributed by atoms with Gasteiger partial charge in [0, 0.05) is 12.7 Å². The van der Waals surface area contributed by atoms with E-state index in [1.54, 1.807) is 14.0 Å². The third kappa shape index (κ3) is 3.71. The van der Waals surface area contributed by atoms with Crippen LogP contribution in [0.15, 0.2) is 23.4 Å². The zero-order valence-electron chi connectivity index (χ0n) is 10.1. The molecule has 0 amide bonds. The largest absolute Gasteiger partial charge is 0.488 e. The molecule has 0 radical (unpaired) electrons. The number of halogens is 1. The van der Waals surface area contributed by atoms with Crippen LogP contribution in [0.4, 0.5) is 4.39 Å². The van der Waals surface area contributed by atoms with E-state index in [2.05, 4.69) is 5.16 Å². The molecule has 1 aromatic rings. The van der Waals surface area contributed by atoms with E-state index in [4.69, 9.17) is 14.7 Å². The molecule has 0 bridgehead atoms. The third-order valence-electron chi connectivity index (χ3n) is 2.21. The van der Waals surface area contributed by atoms with Crippen molar-refractivity contribution in [3.63, 3.8) is 0 Å². The minimum absolute atomic E-state index is 0.171. The van der Waals surface area contributed by atoms with Gasteiger partial charge in [-0.3, -0.25) is 0 Å². The van der Waals surface area contributed by atoms with E-state index in [-0.39, 0.29) is 6.10 Å². The third-order valence-corrected chi connectivity index (χ3v) is 2.21. The predicted molar refractivity (Wildman–Crippen MR) is 62.4 cm³/mol. The zero-order chi connectivity index (χ0) is 12.8. The minimum atomic E-state index is -0.408. The number of rotatable bonds is 5. The van der Waals surface area contributed by atoms with Crippen LogP contribution >= 0.6 is 0 Å². The van der Waals surface area contributed by atoms with Gasteiger partial charge in [-0.2, -0.15) is 0 Å². The molecular formula is C12H16FNO3. The lowest BCUT2D eigenvalue weighted by molar-refractivity contribution is 0.0919. The summed E-state index contributed by atoms with van der Waals surface area (Å²) in [6.07, 6.45) is -0.171. The standard InChI is InChI=1S/C12H16FNO3/c1-8(7-16-3)17-12-5-4-10(13)6-11(12)9(2)14-15/h4-6,8,15H,7H2,1-3H3. The molecule has 1 atom stereocenters. The number of hydrogen-bond donors (Lipinski definition) is 1. The summed E-state index contributed by atoms with van der Waals surface area (Å²) in [6, 6.07) is 4.07. The first-order valence-corrected chi connectivity index (χ1v) is 5.22. The molecule has 0 aliphatic rings. The van der Waals surface area contributed by atoms with E-state index in [0.29, 0.717) is 23.6 Å². The smallest absolute Gasteiger partial charge is 0.129 e. The van der Waals surface area contributed by atoms with Crippen LogP contribution in [0.5, 0.6) is 5.75 Å². The topological polar surface area (TPSA) is 51.0 Å². The second-order valence-corrected chi connectivity index (χ2v) is 3.71. The van der Waals surface area contributed by atoms with Gasteiger partial charge >= 0.3 is 0 Å². The van der Waals surface area contributed by atoms with E-state index >= 15 is 0 Å². The van der Waals surface area contributed by atoms with Crippen LogP contribution < -0.4 is 4.74 Å². The quantitative estimate of drug-likeness (QED) is 0.489. The summed E-state index contributed by atoms with van der Waals surface area (Å²) in [5.74, 6) is 0.0565. The molecule has 5 heteroatoms. The van der Waals surface area contributed by atoms with Gasteiger partial charge in [-0.05, 0) is 32.0 Å². The maximum Gasteiger partial charge on any atom is 0.129 e. The molecule has 1 aromatic carbocycles. The Balaban J connectivity index is 2.98. The fourth-order valence-corrected chi connectivity index (χ4v) is 1.43. The summed E-state index contributed by atoms with van der Waals surface area (Å²) in [6.45, 7) is 3.83. The van der Waals surface area contributed by atoms with Crippen molar-refractivity contribution < 1.29 is 19.1 Å². The summed E-state index contributed by atoms with van der Waals surface area (Å²) >= 11 is 0. The van der Waals surface area contributed by atoms with Crippen LogP contribution in [0.3, 0.4) is 0 Å². The van der Waals surface area contributed by atoms with Crippen molar-refractivity contribution in [1.29, 1.82) is 0 Å². The molecule has 1 N–H and O–H groups in total. The van der Waals surface area contributed by atoms with Gasteiger partial charge in [-0.15, -0.1) is 0 Å². The number of oxime groups is 1. The fourth-order valence-electron chi connectivity index (χ4n) is 1.43. The van der Waals surface area contributed by atoms with Gasteiger partial charge in [0.2, 0.25) is 0 Å². The number of ether oxygens (including phenoxy) is 2. The van der Waals surface area contributed by atoms with Crippen LogP contribution in [-0.2, 0) is 4.74 Å². The predicted octanol–water partition coefficient (Wildman–Crippen LogP) is 2.44. The lowest BCUT2D eigenvalue weighted by Gasteiger charge is -2.16. The molecule has 0 saturated heterocycles. The van der Waals surface area contributed by atoms with Gasteiger partial charge < -0.3 is 14.7 Å². The van der Waals surface area contributed by atoms with E-state index < -0.39 is 5.82 Å². The van der Waals surface area contributed by atoms with Gasteiger partial charge in [-0.25, -0.2) is 4.39 Å². The molecule has 0 aliphatic heterocycles. The van der Waals surface area contributed by atoms with E-state index in [9.17, 15) is 4.39 Å². The van der Waals surface area contributed by atoms with Crippen molar-refractivity contribution in [2.24, 2.45) is 5.16 Å². The molecular weight excluding hydrogens is 225 g/mol. The normalized spacial score (nSPS) is 13.5. The summed E-state index contributed by atoms with van der Waals surface area (Å²) < 4.78 is 23.6. The van der Waals surface area contributed by atoms with Crippen LogP contribution in [0.25, 0.3) is 0 Å². The van der Waals surface area contributed by atoms with Crippen LogP contribution in [0.1, 0.15) is 19.4 Å². The molecule has 94 valence electrons. The lowest BCUT2D eigenvalue weighted by atomic mass is 10.1. The number of benzene rings is 1. The van der Waals surface area contributed by atoms with Crippen molar-refractivity contribution in [1.82, 2.24) is 0 Å². The van der Waals surface area contributed by atoms with Gasteiger partial charge in [0.1, 0.15) is 17.7 Å². The highest BCUT2D eigenvalue weighted by atomic mass is 19.1. The fraction of sp³-hybridized carbons (Fsp3) is 0.417. The van der Waals surface area contributed by atoms with Crippen molar-refractivity contribution in [2.45, 2.75) is 20.0 Å². The minimum Gasteiger partial charge on any atom is -0.488 e. The molecule has 1 rings (SSSR count). The monoisotopic (exact) mass is 241 g/mol. The summed E-state index contributed by atoms with van der Waals surface area (Å²) in [4.78, 5) is 0. The van der Waals surface area contributed by atoms with Crippen molar-refractivity contribution in [3.8, 4) is 5.75 Å². The Labute approximate surface area is 99.7 Å². The summed E-state index contributed by atoms with van der Waals surface area (Å²) in [5.41, 5.74) is 0.722. The molecule has 0 heterocycles. The maximum absolute atomic E-state index is 13.1. The average molecular weight is 241 g/mol. The lowest BCUT2D eigenvalue weighted by Crippen LogP contribution is -2.19. The first-order valence-electron chi connectivity index (χ1n) is 5.22. The molecule has 1 unspecified atom stereocenters. The first kappa shape index (κ1) is 13.4.